The zero-order valence-electron chi connectivity index (χ0n) is 11.0. The Bertz CT molecular complexity index is 124. The van der Waals surface area contributed by atoms with Crippen molar-refractivity contribution in [2.75, 3.05) is 0 Å². The van der Waals surface area contributed by atoms with Gasteiger partial charge in [-0.1, -0.05) is 37.6 Å². The first-order valence-electron chi connectivity index (χ1n) is 4.89. The quantitative estimate of drug-likeness (QED) is 0.393. The molecule has 0 aromatic carbocycles. The maximum absolute atomic E-state index is 3.56. The van der Waals surface area contributed by atoms with Crippen molar-refractivity contribution in [2.45, 2.75) is 48.5 Å². The second-order valence-corrected chi connectivity index (χ2v) is 3.12. The van der Waals surface area contributed by atoms with Gasteiger partial charge in [-0.3, -0.25) is 0 Å². The van der Waals surface area contributed by atoms with Crippen molar-refractivity contribution >= 4 is 12.6 Å². The first-order valence-corrected chi connectivity index (χ1v) is 5.40. The Balaban J connectivity index is -0.0000000505. The van der Waals surface area contributed by atoms with E-state index in [2.05, 4.69) is 45.7 Å². The van der Waals surface area contributed by atoms with Crippen molar-refractivity contribution < 1.29 is 0 Å². The van der Waals surface area contributed by atoms with Crippen LogP contribution in [0, 0.1) is 0 Å². The van der Waals surface area contributed by atoms with Gasteiger partial charge in [0.15, 0.2) is 0 Å². The predicted octanol–water partition coefficient (Wildman–Crippen LogP) is 5.64. The van der Waals surface area contributed by atoms with E-state index in [0.717, 1.165) is 0 Å². The first kappa shape index (κ1) is 23.4. The topological polar surface area (TPSA) is 0 Å². The largest absolute Gasteiger partial charge is 0.152 e. The van der Waals surface area contributed by atoms with Crippen LogP contribution in [0.2, 0.25) is 0 Å². The van der Waals surface area contributed by atoms with E-state index in [0.29, 0.717) is 0 Å². The van der Waals surface area contributed by atoms with Crippen LogP contribution in [-0.2, 0) is 0 Å². The summed E-state index contributed by atoms with van der Waals surface area (Å²) < 4.78 is 0. The zero-order valence-corrected chi connectivity index (χ0v) is 11.9. The molecule has 0 aliphatic rings. The summed E-state index contributed by atoms with van der Waals surface area (Å²) in [7, 11) is 0. The fraction of sp³-hybridized carbons (Fsp3) is 0.538. The molecule has 0 saturated carbocycles. The van der Waals surface area contributed by atoms with Crippen molar-refractivity contribution in [3.05, 3.63) is 35.8 Å². The molecule has 0 aliphatic carbocycles. The average Bonchev–Trinajstić information content (AvgIpc) is 2.08. The Hall–Kier alpha value is -0.430. The molecule has 0 nitrogen and oxygen atoms in total. The molecule has 86 valence electrons. The SMILES string of the molecule is C=C(C)C.C=CS.CC.CC=C(C)C. The van der Waals surface area contributed by atoms with E-state index in [1.165, 1.54) is 16.6 Å². The van der Waals surface area contributed by atoms with Crippen LogP contribution in [0.5, 0.6) is 0 Å². The van der Waals surface area contributed by atoms with Crippen molar-refractivity contribution in [1.82, 2.24) is 0 Å². The van der Waals surface area contributed by atoms with Gasteiger partial charge in [0.25, 0.3) is 0 Å². The Morgan fingerprint density at radius 3 is 1.14 bits per heavy atom. The minimum absolute atomic E-state index is 1.17. The molecular formula is C13H28S. The Morgan fingerprint density at radius 2 is 1.14 bits per heavy atom. The minimum atomic E-state index is 1.17. The lowest BCUT2D eigenvalue weighted by Crippen LogP contribution is -1.52. The van der Waals surface area contributed by atoms with Gasteiger partial charge in [-0.2, -0.15) is 12.6 Å². The molecule has 0 radical (unpaired) electrons. The molecule has 0 rings (SSSR count). The van der Waals surface area contributed by atoms with Crippen LogP contribution < -0.4 is 0 Å². The third kappa shape index (κ3) is 524. The van der Waals surface area contributed by atoms with E-state index >= 15 is 0 Å². The summed E-state index contributed by atoms with van der Waals surface area (Å²) in [6.07, 6.45) is 2.08. The summed E-state index contributed by atoms with van der Waals surface area (Å²) in [5, 5.41) is 1.44. The van der Waals surface area contributed by atoms with Crippen LogP contribution in [0.15, 0.2) is 35.8 Å². The molecule has 0 heterocycles. The Kier molecular flexibility index (Phi) is 49.1. The highest BCUT2D eigenvalue weighted by Gasteiger charge is 1.60. The molecule has 0 saturated heterocycles. The van der Waals surface area contributed by atoms with Crippen molar-refractivity contribution in [3.8, 4) is 0 Å². The molecule has 0 aliphatic heterocycles. The number of thiol groups is 1. The summed E-state index contributed by atoms with van der Waals surface area (Å²) in [5.41, 5.74) is 2.55. The van der Waals surface area contributed by atoms with Crippen LogP contribution in [-0.4, -0.2) is 0 Å². The van der Waals surface area contributed by atoms with Crippen molar-refractivity contribution in [1.29, 1.82) is 0 Å². The highest BCUT2D eigenvalue weighted by atomic mass is 32.1. The van der Waals surface area contributed by atoms with Crippen LogP contribution in [0.25, 0.3) is 0 Å². The van der Waals surface area contributed by atoms with E-state index in [1.54, 1.807) is 0 Å². The van der Waals surface area contributed by atoms with Crippen LogP contribution in [0.3, 0.4) is 0 Å². The second kappa shape index (κ2) is 29.4. The van der Waals surface area contributed by atoms with E-state index in [9.17, 15) is 0 Å². The summed E-state index contributed by atoms with van der Waals surface area (Å²) in [4.78, 5) is 0. The normalized spacial score (nSPS) is 5.71. The highest BCUT2D eigenvalue weighted by molar-refractivity contribution is 7.83. The van der Waals surface area contributed by atoms with Crippen molar-refractivity contribution in [3.63, 3.8) is 0 Å². The molecule has 0 N–H and O–H groups in total. The molecule has 0 unspecified atom stereocenters. The van der Waals surface area contributed by atoms with E-state index in [4.69, 9.17) is 0 Å². The molecule has 0 bridgehead atoms. The Morgan fingerprint density at radius 1 is 1.07 bits per heavy atom. The van der Waals surface area contributed by atoms with Gasteiger partial charge in [0.05, 0.1) is 0 Å². The second-order valence-electron chi connectivity index (χ2n) is 2.76. The lowest BCUT2D eigenvalue weighted by Gasteiger charge is -1.74. The van der Waals surface area contributed by atoms with Gasteiger partial charge in [0.2, 0.25) is 0 Å². The van der Waals surface area contributed by atoms with E-state index in [1.807, 2.05) is 34.6 Å². The third-order valence-corrected chi connectivity index (χ3v) is 0.577. The predicted molar refractivity (Wildman–Crippen MR) is 76.1 cm³/mol. The monoisotopic (exact) mass is 216 g/mol. The van der Waals surface area contributed by atoms with Gasteiger partial charge >= 0.3 is 0 Å². The van der Waals surface area contributed by atoms with Gasteiger partial charge in [-0.15, -0.1) is 6.58 Å². The molecule has 0 fully saturated rings. The minimum Gasteiger partial charge on any atom is -0.152 e. The van der Waals surface area contributed by atoms with Gasteiger partial charge in [0.1, 0.15) is 0 Å². The zero-order chi connectivity index (χ0) is 12.6. The standard InChI is InChI=1S/C5H10.C4H8.C2H4S.C2H6/c1-4-5(2)3;1-4(2)3;1-2-3;1-2/h4H,1-3H3;1H2,2-3H3;2-3H,1H2;1-2H3. The van der Waals surface area contributed by atoms with Crippen LogP contribution in [0.1, 0.15) is 48.5 Å². The fourth-order valence-electron chi connectivity index (χ4n) is 0. The summed E-state index contributed by atoms with van der Waals surface area (Å²) in [6.45, 7) is 20.9. The molecule has 0 aromatic heterocycles. The number of rotatable bonds is 0. The maximum Gasteiger partial charge on any atom is -0.0396 e. The average molecular weight is 216 g/mol. The molecule has 1 heteroatoms. The molecular weight excluding hydrogens is 188 g/mol. The number of allylic oxidation sites excluding steroid dienone is 3. The van der Waals surface area contributed by atoms with Gasteiger partial charge in [-0.25, -0.2) is 0 Å². The number of hydrogen-bond donors (Lipinski definition) is 1. The smallest absolute Gasteiger partial charge is 0.0396 e. The highest BCUT2D eigenvalue weighted by Crippen LogP contribution is 1.82. The van der Waals surface area contributed by atoms with Gasteiger partial charge in [0, 0.05) is 0 Å². The van der Waals surface area contributed by atoms with E-state index < -0.39 is 0 Å². The van der Waals surface area contributed by atoms with Gasteiger partial charge in [-0.05, 0) is 40.0 Å². The molecule has 0 amide bonds. The lowest BCUT2D eigenvalue weighted by atomic mass is 10.3. The number of hydrogen-bond acceptors (Lipinski definition) is 1. The summed E-state index contributed by atoms with van der Waals surface area (Å²) in [6, 6.07) is 0. The Labute approximate surface area is 97.2 Å². The van der Waals surface area contributed by atoms with Gasteiger partial charge < -0.3 is 0 Å². The third-order valence-electron chi connectivity index (χ3n) is 0.577. The van der Waals surface area contributed by atoms with E-state index in [-0.39, 0.29) is 0 Å². The molecule has 0 atom stereocenters. The lowest BCUT2D eigenvalue weighted by molar-refractivity contribution is 1.36. The fourth-order valence-corrected chi connectivity index (χ4v) is 0. The first-order chi connectivity index (χ1) is 6.42. The van der Waals surface area contributed by atoms with Crippen LogP contribution in [0.4, 0.5) is 0 Å². The summed E-state index contributed by atoms with van der Waals surface area (Å²) in [5.74, 6) is 0. The molecule has 0 aromatic rings. The molecule has 0 spiro atoms. The molecule has 14 heavy (non-hydrogen) atoms. The van der Waals surface area contributed by atoms with Crippen LogP contribution >= 0.6 is 12.6 Å². The van der Waals surface area contributed by atoms with Crippen molar-refractivity contribution in [2.24, 2.45) is 0 Å². The summed E-state index contributed by atoms with van der Waals surface area (Å²) >= 11 is 3.55. The maximum atomic E-state index is 3.56.